The number of carbonyl (C=O) groups is 8. The zero-order valence-electron chi connectivity index (χ0n) is 59.4. The summed E-state index contributed by atoms with van der Waals surface area (Å²) >= 11 is 3.02. The largest absolute Gasteiger partial charge is 0.471 e. The molecule has 4 aliphatic heterocycles. The van der Waals surface area contributed by atoms with Crippen molar-refractivity contribution in [1.29, 1.82) is 0 Å². The van der Waals surface area contributed by atoms with Crippen molar-refractivity contribution >= 4 is 92.5 Å². The molecule has 27 heteroatoms. The van der Waals surface area contributed by atoms with Crippen molar-refractivity contribution in [3.63, 3.8) is 0 Å². The Balaban J connectivity index is 0.000000186. The molecule has 102 heavy (non-hydrogen) atoms. The number of esters is 2. The SMILES string of the molecule is CCOC(=O)[C@@]12C[C@H]1/C(C)=C\CCCCC[C@H](NC(=O)OC(C)(C)C)C(=O)N1C[C@@H](O)C[C@H]1C(=O)N2.CCOC(=O)[C@@]12C[C@H]1/C=C\CCCCC[C@H](NC(=O)OC(C)(C)C)C(=O)N1C[C@H](Oc3nc4ccccc4nc3-c3cccs3)C[C@H]1C(=O)N2.O=c1[nH]c2ccccc2nc1-c1cccs1. The fraction of sp³-hybridized carbons (Fsp3) is 0.520. The number of aromatic amines is 1. The molecule has 2 saturated heterocycles. The first-order valence-electron chi connectivity index (χ1n) is 35.3. The van der Waals surface area contributed by atoms with Crippen LogP contribution in [0.25, 0.3) is 43.2 Å². The lowest BCUT2D eigenvalue weighted by molar-refractivity contribution is -0.150. The quantitative estimate of drug-likeness (QED) is 0.0422. The highest BCUT2D eigenvalue weighted by molar-refractivity contribution is 7.13. The summed E-state index contributed by atoms with van der Waals surface area (Å²) in [7, 11) is 0. The van der Waals surface area contributed by atoms with Gasteiger partial charge in [0.1, 0.15) is 63.9 Å². The molecule has 6 aliphatic rings. The molecule has 25 nitrogen and oxygen atoms in total. The third-order valence-corrected chi connectivity index (χ3v) is 20.3. The number of aliphatic hydroxyl groups excluding tert-OH is 1. The van der Waals surface area contributed by atoms with Gasteiger partial charge in [-0.05, 0) is 161 Å². The van der Waals surface area contributed by atoms with Crippen LogP contribution in [-0.2, 0) is 47.7 Å². The average molecular weight is 1440 g/mol. The van der Waals surface area contributed by atoms with Crippen LogP contribution in [0.1, 0.15) is 152 Å². The number of hydrogen-bond acceptors (Lipinski definition) is 20. The fourth-order valence-corrected chi connectivity index (χ4v) is 14.8. The zero-order valence-corrected chi connectivity index (χ0v) is 61.0. The third-order valence-electron chi connectivity index (χ3n) is 18.5. The van der Waals surface area contributed by atoms with E-state index in [4.69, 9.17) is 33.7 Å². The Kier molecular flexibility index (Phi) is 24.4. The third kappa shape index (κ3) is 18.8. The number of nitrogens with zero attached hydrogens (tertiary/aromatic N) is 5. The highest BCUT2D eigenvalue weighted by Gasteiger charge is 2.64. The molecule has 6 N–H and O–H groups in total. The number of aliphatic hydroxyl groups is 1. The molecule has 10 atom stereocenters. The van der Waals surface area contributed by atoms with Crippen LogP contribution in [0.5, 0.6) is 5.88 Å². The summed E-state index contributed by atoms with van der Waals surface area (Å²) < 4.78 is 28.1. The van der Waals surface area contributed by atoms with Gasteiger partial charge in [0, 0.05) is 31.2 Å². The molecular formula is C75H94N10O15S2. The van der Waals surface area contributed by atoms with Crippen LogP contribution in [0, 0.1) is 11.8 Å². The van der Waals surface area contributed by atoms with Crippen LogP contribution in [0.3, 0.4) is 0 Å². The zero-order chi connectivity index (χ0) is 73.1. The minimum atomic E-state index is -1.21. The van der Waals surface area contributed by atoms with Gasteiger partial charge >= 0.3 is 24.1 Å². The minimum Gasteiger partial charge on any atom is -0.471 e. The number of rotatable bonds is 10. The molecule has 2 aliphatic carbocycles. The predicted octanol–water partition coefficient (Wildman–Crippen LogP) is 10.4. The minimum absolute atomic E-state index is 0.0296. The summed E-state index contributed by atoms with van der Waals surface area (Å²) in [6.07, 6.45) is 11.4. The molecule has 0 bridgehead atoms. The van der Waals surface area contributed by atoms with Crippen LogP contribution in [0.15, 0.2) is 112 Å². The van der Waals surface area contributed by atoms with Crippen LogP contribution in [0.2, 0.25) is 0 Å². The van der Waals surface area contributed by atoms with Gasteiger partial charge in [0.05, 0.1) is 57.7 Å². The smallest absolute Gasteiger partial charge is 0.408 e. The summed E-state index contributed by atoms with van der Waals surface area (Å²) in [5.41, 5.74) is 1.03. The van der Waals surface area contributed by atoms with E-state index in [0.29, 0.717) is 66.8 Å². The number of benzene rings is 2. The molecule has 6 aromatic rings. The van der Waals surface area contributed by atoms with Crippen molar-refractivity contribution in [3.8, 4) is 27.0 Å². The van der Waals surface area contributed by atoms with E-state index in [1.165, 1.54) is 32.5 Å². The van der Waals surface area contributed by atoms with Crippen molar-refractivity contribution in [3.05, 3.63) is 118 Å². The highest BCUT2D eigenvalue weighted by atomic mass is 32.1. The number of amides is 6. The van der Waals surface area contributed by atoms with Crippen molar-refractivity contribution in [1.82, 2.24) is 51.0 Å². The maximum Gasteiger partial charge on any atom is 0.408 e. The summed E-state index contributed by atoms with van der Waals surface area (Å²) in [4.78, 5) is 141. The molecule has 4 fully saturated rings. The molecule has 0 unspecified atom stereocenters. The number of aromatic nitrogens is 4. The average Bonchev–Trinajstić information content (AvgIpc) is 1.58. The van der Waals surface area contributed by atoms with Crippen LogP contribution in [0.4, 0.5) is 9.59 Å². The molecule has 4 aromatic heterocycles. The molecule has 6 amide bonds. The molecule has 546 valence electrons. The van der Waals surface area contributed by atoms with Crippen molar-refractivity contribution < 1.29 is 67.1 Å². The van der Waals surface area contributed by atoms with Gasteiger partial charge in [-0.3, -0.25) is 24.0 Å². The second-order valence-corrected chi connectivity index (χ2v) is 30.5. The van der Waals surface area contributed by atoms with Gasteiger partial charge < -0.3 is 64.8 Å². The van der Waals surface area contributed by atoms with Gasteiger partial charge in [-0.2, -0.15) is 0 Å². The fourth-order valence-electron chi connectivity index (χ4n) is 13.4. The molecular weight excluding hydrogens is 1350 g/mol. The number of nitrogens with one attached hydrogen (secondary N) is 5. The van der Waals surface area contributed by atoms with E-state index in [2.05, 4.69) is 37.3 Å². The number of ether oxygens (including phenoxy) is 5. The van der Waals surface area contributed by atoms with Gasteiger partial charge in [-0.1, -0.05) is 85.9 Å². The summed E-state index contributed by atoms with van der Waals surface area (Å²) in [5.74, 6) is -2.91. The summed E-state index contributed by atoms with van der Waals surface area (Å²) in [6.45, 7) is 16.3. The lowest BCUT2D eigenvalue weighted by Crippen LogP contribution is -2.56. The molecule has 2 saturated carbocycles. The Labute approximate surface area is 601 Å². The standard InChI is InChI=1S/C37H45N5O7S.C26H41N3O7.C12H8N2OS/c1-5-47-34(45)37-21-23(37)14-9-7-6-8-10-17-27(40-35(46)49-36(2,3)4)33(44)42-22-24(20-28(42)31(43)41-37)48-32-30(29-18-13-19-50-29)38-25-15-11-12-16-26(25)39-32;1-6-35-23(33)26-14-18(26)16(2)11-9-7-8-10-12-19(27-24(34)36-25(3,4)5)22(32)29-15-17(30)13-20(29)21(31)28-26;15-12-11(10-6-3-7-16-10)13-8-4-1-2-5-9(8)14-12/h9,11-16,18-19,23-24,27-28H,5-8,10,17,20-22H2,1-4H3,(H,40,46)(H,41,43);11,17-20,30H,6-10,12-15H2,1-5H3,(H,27,34)(H,28,31);1-7H,(H,14,15)/b14-9-;16-11-;/t23-,24-,27+,28+,37-;17-,18-,19-,20-,26+;/m10./s1. The Morgan fingerprint density at radius 2 is 1.16 bits per heavy atom. The van der Waals surface area contributed by atoms with E-state index in [0.717, 1.165) is 64.9 Å². The number of carbonyl (C=O) groups excluding carboxylic acids is 8. The first-order chi connectivity index (χ1) is 48.7. The number of hydrogen-bond donors (Lipinski definition) is 6. The first kappa shape index (κ1) is 75.6. The van der Waals surface area contributed by atoms with E-state index in [9.17, 15) is 48.3 Å². The van der Waals surface area contributed by atoms with Gasteiger partial charge in [0.15, 0.2) is 0 Å². The number of allylic oxidation sites excluding steroid dienone is 2. The Morgan fingerprint density at radius 3 is 1.75 bits per heavy atom. The Bertz CT molecular complexity index is 4130. The van der Waals surface area contributed by atoms with Crippen molar-refractivity contribution in [2.75, 3.05) is 26.3 Å². The van der Waals surface area contributed by atoms with Crippen molar-refractivity contribution in [2.24, 2.45) is 11.8 Å². The van der Waals surface area contributed by atoms with E-state index >= 15 is 0 Å². The van der Waals surface area contributed by atoms with Crippen LogP contribution < -0.4 is 31.6 Å². The Morgan fingerprint density at radius 1 is 0.627 bits per heavy atom. The van der Waals surface area contributed by atoms with E-state index < -0.39 is 106 Å². The van der Waals surface area contributed by atoms with Gasteiger partial charge in [0.2, 0.25) is 29.5 Å². The van der Waals surface area contributed by atoms with E-state index in [1.54, 1.807) is 55.4 Å². The number of para-hydroxylation sites is 4. The Hall–Kier alpha value is -9.08. The van der Waals surface area contributed by atoms with E-state index in [-0.39, 0.29) is 56.5 Å². The van der Waals surface area contributed by atoms with Crippen LogP contribution in [-0.4, -0.2) is 168 Å². The predicted molar refractivity (Wildman–Crippen MR) is 386 cm³/mol. The van der Waals surface area contributed by atoms with E-state index in [1.807, 2.05) is 103 Å². The number of fused-ring (bicyclic) bond motifs is 6. The summed E-state index contributed by atoms with van der Waals surface area (Å²) in [6, 6.07) is 18.9. The number of alkyl carbamates (subject to hydrolysis) is 2. The number of H-pyrrole nitrogens is 1. The first-order valence-corrected chi connectivity index (χ1v) is 37.1. The molecule has 12 rings (SSSR count). The maximum absolute atomic E-state index is 14.4. The van der Waals surface area contributed by atoms with Gasteiger partial charge in [-0.25, -0.2) is 34.1 Å². The lowest BCUT2D eigenvalue weighted by atomic mass is 10.0. The van der Waals surface area contributed by atoms with Gasteiger partial charge in [0.25, 0.3) is 5.56 Å². The second-order valence-electron chi connectivity index (χ2n) is 28.6. The summed E-state index contributed by atoms with van der Waals surface area (Å²) in [5, 5.41) is 25.6. The second kappa shape index (κ2) is 32.9. The molecule has 8 heterocycles. The van der Waals surface area contributed by atoms with Crippen molar-refractivity contribution in [2.45, 2.75) is 211 Å². The number of thiophene rings is 2. The lowest BCUT2D eigenvalue weighted by Gasteiger charge is -2.30. The topological polar surface area (TPSA) is 329 Å². The molecule has 0 spiro atoms. The monoisotopic (exact) mass is 1440 g/mol. The van der Waals surface area contributed by atoms with Crippen LogP contribution >= 0.6 is 22.7 Å². The van der Waals surface area contributed by atoms with Gasteiger partial charge in [-0.15, -0.1) is 22.7 Å². The maximum atomic E-state index is 14.4. The molecule has 2 aromatic carbocycles. The highest BCUT2D eigenvalue weighted by Crippen LogP contribution is 2.50. The molecule has 0 radical (unpaired) electrons. The normalized spacial score (nSPS) is 26.3.